The third-order valence-electron chi connectivity index (χ3n) is 3.40. The van der Waals surface area contributed by atoms with Crippen molar-refractivity contribution in [3.05, 3.63) is 82.7 Å². The summed E-state index contributed by atoms with van der Waals surface area (Å²) >= 11 is 0. The van der Waals surface area contributed by atoms with Crippen molar-refractivity contribution in [1.82, 2.24) is 0 Å². The predicted octanol–water partition coefficient (Wildman–Crippen LogP) is 4.10. The number of hydrogen-bond donors (Lipinski definition) is 2. The van der Waals surface area contributed by atoms with Crippen LogP contribution in [0.2, 0.25) is 0 Å². The molecular formula is C17H13F5O2. The molecule has 0 radical (unpaired) electrons. The van der Waals surface area contributed by atoms with Crippen molar-refractivity contribution >= 4 is 0 Å². The molecule has 7 heteroatoms. The molecule has 128 valence electrons. The van der Waals surface area contributed by atoms with Gasteiger partial charge in [-0.15, -0.1) is 0 Å². The average Bonchev–Trinajstić information content (AvgIpc) is 2.59. The Morgan fingerprint density at radius 2 is 1.29 bits per heavy atom. The van der Waals surface area contributed by atoms with Gasteiger partial charge in [0, 0.05) is 0 Å². The maximum atomic E-state index is 13.5. The maximum absolute atomic E-state index is 13.5. The van der Waals surface area contributed by atoms with Crippen molar-refractivity contribution in [3.8, 4) is 0 Å². The number of hydrogen-bond acceptors (Lipinski definition) is 2. The van der Waals surface area contributed by atoms with Crippen molar-refractivity contribution in [2.75, 3.05) is 0 Å². The first-order valence-electron chi connectivity index (χ1n) is 6.93. The van der Waals surface area contributed by atoms with Crippen molar-refractivity contribution in [2.45, 2.75) is 18.6 Å². The van der Waals surface area contributed by atoms with Crippen LogP contribution >= 0.6 is 0 Å². The molecule has 2 nitrogen and oxygen atoms in total. The summed E-state index contributed by atoms with van der Waals surface area (Å²) in [7, 11) is 0. The van der Waals surface area contributed by atoms with Crippen molar-refractivity contribution in [2.24, 2.45) is 0 Å². The molecule has 0 aliphatic rings. The molecule has 0 spiro atoms. The van der Waals surface area contributed by atoms with Gasteiger partial charge in [0.15, 0.2) is 23.3 Å². The van der Waals surface area contributed by atoms with E-state index in [2.05, 4.69) is 0 Å². The van der Waals surface area contributed by atoms with Gasteiger partial charge >= 0.3 is 0 Å². The van der Waals surface area contributed by atoms with E-state index in [-0.39, 0.29) is 6.42 Å². The molecule has 0 heterocycles. The largest absolute Gasteiger partial charge is 0.388 e. The van der Waals surface area contributed by atoms with E-state index in [0.717, 1.165) is 6.08 Å². The second kappa shape index (κ2) is 7.55. The molecule has 0 aliphatic heterocycles. The van der Waals surface area contributed by atoms with Crippen LogP contribution in [-0.2, 0) is 0 Å². The summed E-state index contributed by atoms with van der Waals surface area (Å²) in [6, 6.07) is 8.45. The van der Waals surface area contributed by atoms with Crippen molar-refractivity contribution in [3.63, 3.8) is 0 Å². The Bertz CT molecular complexity index is 717. The Kier molecular flexibility index (Phi) is 5.69. The molecule has 0 aromatic heterocycles. The lowest BCUT2D eigenvalue weighted by atomic mass is 10.0. The molecule has 0 saturated carbocycles. The molecule has 0 saturated heterocycles. The lowest BCUT2D eigenvalue weighted by molar-refractivity contribution is 0.179. The first kappa shape index (κ1) is 18.1. The van der Waals surface area contributed by atoms with Gasteiger partial charge in [-0.05, 0) is 12.0 Å². The minimum absolute atomic E-state index is 0.0174. The minimum atomic E-state index is -2.29. The van der Waals surface area contributed by atoms with Crippen LogP contribution in [0.5, 0.6) is 0 Å². The molecule has 0 aliphatic carbocycles. The Labute approximate surface area is 134 Å². The van der Waals surface area contributed by atoms with Crippen LogP contribution in [0.3, 0.4) is 0 Å². The minimum Gasteiger partial charge on any atom is -0.388 e. The molecule has 2 aromatic rings. The van der Waals surface area contributed by atoms with Gasteiger partial charge in [0.2, 0.25) is 5.82 Å². The van der Waals surface area contributed by atoms with Crippen LogP contribution in [0, 0.1) is 29.1 Å². The maximum Gasteiger partial charge on any atom is 0.200 e. The van der Waals surface area contributed by atoms with Gasteiger partial charge in [-0.2, -0.15) is 0 Å². The van der Waals surface area contributed by atoms with E-state index in [1.54, 1.807) is 30.3 Å². The third kappa shape index (κ3) is 3.63. The van der Waals surface area contributed by atoms with E-state index < -0.39 is 46.9 Å². The quantitative estimate of drug-likeness (QED) is 0.371. The molecule has 0 unspecified atom stereocenters. The number of benzene rings is 2. The summed E-state index contributed by atoms with van der Waals surface area (Å²) in [6.45, 7) is 0. The van der Waals surface area contributed by atoms with Gasteiger partial charge < -0.3 is 10.2 Å². The SMILES string of the molecule is O[C@H](/C=C\C[C@H](O)c1ccccc1)c1c(F)c(F)c(F)c(F)c1F. The Morgan fingerprint density at radius 3 is 1.83 bits per heavy atom. The molecule has 0 amide bonds. The fourth-order valence-corrected chi connectivity index (χ4v) is 2.13. The molecule has 2 N–H and O–H groups in total. The average molecular weight is 344 g/mol. The number of halogens is 5. The highest BCUT2D eigenvalue weighted by atomic mass is 19.2. The summed E-state index contributed by atoms with van der Waals surface area (Å²) in [6.07, 6.45) is -0.954. The molecule has 2 aromatic carbocycles. The molecule has 0 fully saturated rings. The van der Waals surface area contributed by atoms with Crippen molar-refractivity contribution < 1.29 is 32.2 Å². The number of rotatable bonds is 5. The summed E-state index contributed by atoms with van der Waals surface area (Å²) in [5, 5.41) is 19.6. The van der Waals surface area contributed by atoms with Gasteiger partial charge in [0.25, 0.3) is 0 Å². The monoisotopic (exact) mass is 344 g/mol. The van der Waals surface area contributed by atoms with Gasteiger partial charge in [0.1, 0.15) is 6.10 Å². The van der Waals surface area contributed by atoms with Crippen LogP contribution in [0.1, 0.15) is 29.8 Å². The molecule has 24 heavy (non-hydrogen) atoms. The zero-order valence-corrected chi connectivity index (χ0v) is 12.2. The van der Waals surface area contributed by atoms with Crippen LogP contribution in [0.4, 0.5) is 22.0 Å². The van der Waals surface area contributed by atoms with Crippen molar-refractivity contribution in [1.29, 1.82) is 0 Å². The summed E-state index contributed by atoms with van der Waals surface area (Å²) in [5.74, 6) is -10.7. The lowest BCUT2D eigenvalue weighted by Crippen LogP contribution is -2.10. The first-order valence-corrected chi connectivity index (χ1v) is 6.93. The van der Waals surface area contributed by atoms with Gasteiger partial charge in [-0.1, -0.05) is 42.5 Å². The topological polar surface area (TPSA) is 40.5 Å². The summed E-state index contributed by atoms with van der Waals surface area (Å²) in [4.78, 5) is 0. The van der Waals surface area contributed by atoms with Gasteiger partial charge in [-0.25, -0.2) is 22.0 Å². The first-order chi connectivity index (χ1) is 11.3. The van der Waals surface area contributed by atoms with Gasteiger partial charge in [0.05, 0.1) is 11.7 Å². The zero-order valence-electron chi connectivity index (χ0n) is 12.2. The van der Waals surface area contributed by atoms with E-state index in [0.29, 0.717) is 5.56 Å². The molecule has 2 atom stereocenters. The summed E-state index contributed by atoms with van der Waals surface area (Å²) < 4.78 is 66.2. The Balaban J connectivity index is 2.17. The molecule has 0 bridgehead atoms. The van der Waals surface area contributed by atoms with Crippen LogP contribution < -0.4 is 0 Å². The summed E-state index contributed by atoms with van der Waals surface area (Å²) in [5.41, 5.74) is -0.760. The second-order valence-electron chi connectivity index (χ2n) is 5.02. The Hall–Kier alpha value is -2.25. The van der Waals surface area contributed by atoms with E-state index in [9.17, 15) is 32.2 Å². The Morgan fingerprint density at radius 1 is 0.792 bits per heavy atom. The highest BCUT2D eigenvalue weighted by Gasteiger charge is 2.28. The highest BCUT2D eigenvalue weighted by Crippen LogP contribution is 2.28. The second-order valence-corrected chi connectivity index (χ2v) is 5.02. The molecular weight excluding hydrogens is 331 g/mol. The normalized spacial score (nSPS) is 14.1. The third-order valence-corrected chi connectivity index (χ3v) is 3.40. The van der Waals surface area contributed by atoms with E-state index >= 15 is 0 Å². The predicted molar refractivity (Wildman–Crippen MR) is 76.4 cm³/mol. The molecule has 2 rings (SSSR count). The highest BCUT2D eigenvalue weighted by molar-refractivity contribution is 5.28. The number of aliphatic hydroxyl groups excluding tert-OH is 2. The van der Waals surface area contributed by atoms with E-state index in [1.807, 2.05) is 0 Å². The van der Waals surface area contributed by atoms with Crippen LogP contribution in [0.15, 0.2) is 42.5 Å². The van der Waals surface area contributed by atoms with Gasteiger partial charge in [-0.3, -0.25) is 0 Å². The van der Waals surface area contributed by atoms with Crippen LogP contribution in [-0.4, -0.2) is 10.2 Å². The fraction of sp³-hybridized carbons (Fsp3) is 0.176. The van der Waals surface area contributed by atoms with E-state index in [1.165, 1.54) is 6.08 Å². The lowest BCUT2D eigenvalue weighted by Gasteiger charge is -2.12. The standard InChI is InChI=1S/C17H13F5O2/c18-13-12(14(19)16(21)17(22)15(13)20)11(24)8-4-7-10(23)9-5-2-1-3-6-9/h1-6,8,10-11,23-24H,7H2/b8-4-/t10-,11+/m0/s1. The fourth-order valence-electron chi connectivity index (χ4n) is 2.13. The number of aliphatic hydroxyl groups is 2. The zero-order chi connectivity index (χ0) is 17.9. The van der Waals surface area contributed by atoms with Crippen LogP contribution in [0.25, 0.3) is 0 Å². The van der Waals surface area contributed by atoms with E-state index in [4.69, 9.17) is 0 Å². The smallest absolute Gasteiger partial charge is 0.200 e.